The molecule has 2 heterocycles. The van der Waals surface area contributed by atoms with E-state index < -0.39 is 0 Å². The highest BCUT2D eigenvalue weighted by Gasteiger charge is 2.31. The summed E-state index contributed by atoms with van der Waals surface area (Å²) in [5, 5.41) is 0.242. The molecule has 1 aliphatic rings. The molecule has 3 aromatic carbocycles. The Morgan fingerprint density at radius 1 is 0.680 bits per heavy atom. The van der Waals surface area contributed by atoms with E-state index in [1.165, 1.54) is 0 Å². The molecule has 0 N–H and O–H groups in total. The maximum Gasteiger partial charge on any atom is 0.361 e. The summed E-state index contributed by atoms with van der Waals surface area (Å²) in [7, 11) is 6.31. The number of rotatable bonds is 8. The van der Waals surface area contributed by atoms with Gasteiger partial charge in [0.1, 0.15) is 43.5 Å². The molecule has 0 fully saturated rings. The third-order valence-electron chi connectivity index (χ3n) is 8.31. The van der Waals surface area contributed by atoms with Gasteiger partial charge >= 0.3 is 11.5 Å². The Hall–Kier alpha value is -4.15. The van der Waals surface area contributed by atoms with Gasteiger partial charge < -0.3 is 23.7 Å². The number of benzene rings is 2. The van der Waals surface area contributed by atoms with Crippen LogP contribution in [0, 0.1) is 11.3 Å². The third-order valence-corrected chi connectivity index (χ3v) is 9.87. The van der Waals surface area contributed by atoms with E-state index in [-0.39, 0.29) is 38.0 Å². The highest BCUT2D eigenvalue weighted by molar-refractivity contribution is 9.11. The summed E-state index contributed by atoms with van der Waals surface area (Å²) in [4.78, 5) is 27.2. The predicted octanol–water partition coefficient (Wildman–Crippen LogP) is 7.91. The molecular weight excluding hydrogens is 768 g/mol. The fraction of sp³-hybridized carbons (Fsp3) is 0.325. The highest BCUT2D eigenvalue weighted by Crippen LogP contribution is 2.42. The minimum atomic E-state index is -0.380. The van der Waals surface area contributed by atoms with Crippen LogP contribution in [-0.4, -0.2) is 28.4 Å². The lowest BCUT2D eigenvalue weighted by atomic mass is 9.88. The molecule has 0 bridgehead atoms. The Morgan fingerprint density at radius 2 is 1.18 bits per heavy atom. The van der Waals surface area contributed by atoms with Gasteiger partial charge in [0.2, 0.25) is 10.9 Å². The van der Waals surface area contributed by atoms with Gasteiger partial charge in [0, 0.05) is 23.0 Å². The number of hydrogen-bond acceptors (Lipinski definition) is 7. The summed E-state index contributed by atoms with van der Waals surface area (Å²) < 4.78 is 36.3. The zero-order valence-electron chi connectivity index (χ0n) is 29.9. The first-order valence-corrected chi connectivity index (χ1v) is 17.5. The smallest absolute Gasteiger partial charge is 0.361 e. The normalized spacial score (nSPS) is 14.8. The molecule has 10 heteroatoms. The molecule has 0 spiro atoms. The molecule has 8 nitrogen and oxygen atoms in total. The van der Waals surface area contributed by atoms with Crippen LogP contribution in [0.2, 0.25) is 0 Å². The first-order chi connectivity index (χ1) is 23.5. The van der Waals surface area contributed by atoms with Crippen LogP contribution >= 0.6 is 31.9 Å². The van der Waals surface area contributed by atoms with Crippen LogP contribution in [0.15, 0.2) is 77.3 Å². The first-order valence-electron chi connectivity index (χ1n) is 16.0. The summed E-state index contributed by atoms with van der Waals surface area (Å²) in [6.45, 7) is 12.2. The van der Waals surface area contributed by atoms with Crippen LogP contribution in [0.5, 0.6) is 23.0 Å². The van der Waals surface area contributed by atoms with Crippen molar-refractivity contribution in [2.45, 2.75) is 47.0 Å². The fourth-order valence-corrected chi connectivity index (χ4v) is 6.56. The van der Waals surface area contributed by atoms with Crippen molar-refractivity contribution in [3.8, 4) is 34.3 Å². The zero-order chi connectivity index (χ0) is 36.7. The van der Waals surface area contributed by atoms with Crippen LogP contribution in [-0.2, 0) is 10.2 Å². The second-order valence-corrected chi connectivity index (χ2v) is 15.6. The quantitative estimate of drug-likeness (QED) is 0.166. The third kappa shape index (κ3) is 7.47. The van der Waals surface area contributed by atoms with Gasteiger partial charge in [-0.3, -0.25) is 9.59 Å². The largest absolute Gasteiger partial charge is 0.495 e. The first kappa shape index (κ1) is 37.1. The minimum absolute atomic E-state index is 0.109. The molecule has 1 atom stereocenters. The lowest BCUT2D eigenvalue weighted by Crippen LogP contribution is -2.64. The molecule has 1 unspecified atom stereocenters. The Morgan fingerprint density at radius 3 is 1.64 bits per heavy atom. The van der Waals surface area contributed by atoms with E-state index >= 15 is 0 Å². The second-order valence-electron chi connectivity index (χ2n) is 14.0. The molecule has 0 saturated carbocycles. The lowest BCUT2D eigenvalue weighted by Gasteiger charge is -2.29. The van der Waals surface area contributed by atoms with Crippen LogP contribution in [0.4, 0.5) is 0 Å². The summed E-state index contributed by atoms with van der Waals surface area (Å²) in [5.41, 5.74) is 0.758. The van der Waals surface area contributed by atoms with E-state index in [0.29, 0.717) is 66.1 Å². The van der Waals surface area contributed by atoms with Crippen molar-refractivity contribution in [1.29, 1.82) is 0 Å². The van der Waals surface area contributed by atoms with Crippen molar-refractivity contribution in [2.24, 2.45) is 11.3 Å². The van der Waals surface area contributed by atoms with Gasteiger partial charge in [-0.1, -0.05) is 26.8 Å². The molecule has 5 rings (SSSR count). The molecule has 0 aliphatic carbocycles. The van der Waals surface area contributed by atoms with Crippen molar-refractivity contribution >= 4 is 49.8 Å². The Bertz CT molecular complexity index is 2140. The molecule has 1 aliphatic heterocycles. The van der Waals surface area contributed by atoms with E-state index in [4.69, 9.17) is 28.1 Å². The summed E-state index contributed by atoms with van der Waals surface area (Å²) in [5.74, 6) is 4.41. The molecule has 262 valence electrons. The number of hydrogen-bond donors (Lipinski definition) is 0. The van der Waals surface area contributed by atoms with Gasteiger partial charge in [-0.05, 0) is 101 Å². The molecular formula is C40H41Br2O8+. The van der Waals surface area contributed by atoms with E-state index in [1.54, 1.807) is 46.7 Å². The molecule has 0 amide bonds. The van der Waals surface area contributed by atoms with Crippen molar-refractivity contribution in [3.05, 3.63) is 111 Å². The molecule has 0 saturated heterocycles. The summed E-state index contributed by atoms with van der Waals surface area (Å²) in [6.07, 6.45) is 7.16. The summed E-state index contributed by atoms with van der Waals surface area (Å²) in [6, 6.07) is 11.0. The predicted molar refractivity (Wildman–Crippen MR) is 204 cm³/mol. The number of allylic oxidation sites excluding steroid dienone is 3. The maximum absolute atomic E-state index is 13.6. The van der Waals surface area contributed by atoms with E-state index in [2.05, 4.69) is 31.9 Å². The average molecular weight is 810 g/mol. The highest BCUT2D eigenvalue weighted by atomic mass is 79.9. The van der Waals surface area contributed by atoms with E-state index in [0.717, 1.165) is 5.56 Å². The molecule has 4 aromatic rings. The van der Waals surface area contributed by atoms with Crippen molar-refractivity contribution in [2.75, 3.05) is 28.4 Å². The standard InChI is InChI=1S/C40H41Br2O8/c1-39(2,3)33-15-21(13-27(49-33)23-17-29(45-7)35(41)30(18-23)46-8)11-25-37(43)26(38(25)44)12-22-14-28(50-34(16-22)40(4,5)6)24-19-31(47-9)36(42)32(20-24)48-10/h11-21H,1-10H3/q+1. The van der Waals surface area contributed by atoms with Crippen molar-refractivity contribution < 1.29 is 28.1 Å². The van der Waals surface area contributed by atoms with Gasteiger partial charge in [-0.25, -0.2) is 4.42 Å². The Kier molecular flexibility index (Phi) is 10.6. The van der Waals surface area contributed by atoms with Gasteiger partial charge in [0.15, 0.2) is 0 Å². The van der Waals surface area contributed by atoms with Gasteiger partial charge in [-0.15, -0.1) is 0 Å². The number of halogens is 2. The van der Waals surface area contributed by atoms with Crippen LogP contribution in [0.1, 0.15) is 58.4 Å². The van der Waals surface area contributed by atoms with Crippen LogP contribution in [0.3, 0.4) is 0 Å². The maximum atomic E-state index is 13.6. The van der Waals surface area contributed by atoms with E-state index in [1.807, 2.05) is 84.0 Å². The molecule has 1 aromatic heterocycles. The topological polar surface area (TPSA) is 91.6 Å². The summed E-state index contributed by atoms with van der Waals surface area (Å²) >= 11 is 7.04. The van der Waals surface area contributed by atoms with Gasteiger partial charge in [-0.2, -0.15) is 0 Å². The van der Waals surface area contributed by atoms with E-state index in [9.17, 15) is 9.59 Å². The van der Waals surface area contributed by atoms with Crippen LogP contribution in [0.25, 0.3) is 29.2 Å². The monoisotopic (exact) mass is 807 g/mol. The molecule has 50 heavy (non-hydrogen) atoms. The number of ether oxygens (including phenoxy) is 5. The zero-order valence-corrected chi connectivity index (χ0v) is 33.0. The van der Waals surface area contributed by atoms with Crippen molar-refractivity contribution in [1.82, 2.24) is 0 Å². The molecule has 0 radical (unpaired) electrons. The van der Waals surface area contributed by atoms with Crippen LogP contribution < -0.4 is 40.2 Å². The number of methoxy groups -OCH3 is 4. The van der Waals surface area contributed by atoms with Gasteiger partial charge in [0.05, 0.1) is 55.9 Å². The fourth-order valence-electron chi connectivity index (χ4n) is 5.45. The lowest BCUT2D eigenvalue weighted by molar-refractivity contribution is 0.257. The SMILES string of the molecule is COc1cc(C2=CC(C=c3c(=O)c(=Cc4cc(-c5cc(OC)c(Br)c(OC)c5)[o+]c(C(C)(C)C)c4)c3=O)C=C(C(C)(C)C)O2)cc(OC)c1Br. The average Bonchev–Trinajstić information content (AvgIpc) is 3.08. The van der Waals surface area contributed by atoms with Crippen molar-refractivity contribution in [3.63, 3.8) is 0 Å². The second kappa shape index (κ2) is 14.2. The van der Waals surface area contributed by atoms with Gasteiger partial charge in [0.25, 0.3) is 0 Å². The Labute approximate surface area is 308 Å². The minimum Gasteiger partial charge on any atom is -0.495 e. The Balaban J connectivity index is 1.62.